The van der Waals surface area contributed by atoms with Gasteiger partial charge in [0.25, 0.3) is 10.0 Å². The number of amides is 2. The number of likely N-dealkylation sites (N-methyl/N-ethyl adjacent to an activating group) is 1. The van der Waals surface area contributed by atoms with Crippen molar-refractivity contribution in [2.45, 2.75) is 37.8 Å². The van der Waals surface area contributed by atoms with Crippen LogP contribution in [0, 0.1) is 13.8 Å². The number of rotatable bonds is 11. The van der Waals surface area contributed by atoms with Crippen LogP contribution in [0.5, 0.6) is 0 Å². The van der Waals surface area contributed by atoms with Crippen LogP contribution in [0.4, 0.5) is 5.69 Å². The van der Waals surface area contributed by atoms with Crippen molar-refractivity contribution < 1.29 is 18.0 Å². The highest BCUT2D eigenvalue weighted by Crippen LogP contribution is 2.28. The van der Waals surface area contributed by atoms with Gasteiger partial charge in [0.1, 0.15) is 12.6 Å². The molecule has 0 unspecified atom stereocenters. The van der Waals surface area contributed by atoms with Gasteiger partial charge in [-0.3, -0.25) is 13.9 Å². The van der Waals surface area contributed by atoms with Gasteiger partial charge in [0.2, 0.25) is 11.8 Å². The van der Waals surface area contributed by atoms with Crippen molar-refractivity contribution in [3.63, 3.8) is 0 Å². The van der Waals surface area contributed by atoms with Crippen molar-refractivity contribution in [2.24, 2.45) is 0 Å². The molecule has 0 aliphatic carbocycles. The van der Waals surface area contributed by atoms with E-state index >= 15 is 0 Å². The van der Waals surface area contributed by atoms with Crippen molar-refractivity contribution in [1.82, 2.24) is 10.2 Å². The Morgan fingerprint density at radius 1 is 0.791 bits per heavy atom. The molecule has 4 aromatic rings. The fraction of sp³-hybridized carbons (Fsp3) is 0.212. The standard InChI is InChI=1S/C33H33Cl2N3O4S/c1-23-16-24(2)18-27(17-23)38(43(41,42)28-12-8-5-9-13-28)22-32(39)37(21-26-14-15-29(34)30(35)19-26)31(33(40)36-3)20-25-10-6-4-7-11-25/h4-19,31H,20-22H2,1-3H3,(H,36,40)/t31-/m0/s1. The summed E-state index contributed by atoms with van der Waals surface area (Å²) >= 11 is 12.4. The lowest BCUT2D eigenvalue weighted by Gasteiger charge is -2.33. The van der Waals surface area contributed by atoms with Crippen LogP contribution < -0.4 is 9.62 Å². The molecule has 0 aromatic heterocycles. The third-order valence-electron chi connectivity index (χ3n) is 6.96. The molecule has 0 aliphatic rings. The van der Waals surface area contributed by atoms with Gasteiger partial charge in [-0.2, -0.15) is 0 Å². The summed E-state index contributed by atoms with van der Waals surface area (Å²) in [6, 6.07) is 26.7. The first kappa shape index (κ1) is 32.1. The third-order valence-corrected chi connectivity index (χ3v) is 9.49. The summed E-state index contributed by atoms with van der Waals surface area (Å²) in [5.41, 5.74) is 3.51. The molecule has 1 atom stereocenters. The van der Waals surface area contributed by atoms with Gasteiger partial charge in [0, 0.05) is 20.0 Å². The van der Waals surface area contributed by atoms with E-state index in [1.54, 1.807) is 48.5 Å². The van der Waals surface area contributed by atoms with Crippen LogP contribution in [0.15, 0.2) is 102 Å². The largest absolute Gasteiger partial charge is 0.357 e. The summed E-state index contributed by atoms with van der Waals surface area (Å²) in [5.74, 6) is -0.949. The van der Waals surface area contributed by atoms with E-state index in [9.17, 15) is 18.0 Å². The maximum Gasteiger partial charge on any atom is 0.264 e. The highest BCUT2D eigenvalue weighted by Gasteiger charge is 2.34. The van der Waals surface area contributed by atoms with E-state index in [0.717, 1.165) is 21.0 Å². The van der Waals surface area contributed by atoms with Crippen molar-refractivity contribution in [1.29, 1.82) is 0 Å². The van der Waals surface area contributed by atoms with Crippen LogP contribution in [-0.4, -0.2) is 44.8 Å². The van der Waals surface area contributed by atoms with Crippen LogP contribution in [-0.2, 0) is 32.6 Å². The number of hydrogen-bond donors (Lipinski definition) is 1. The smallest absolute Gasteiger partial charge is 0.264 e. The molecule has 1 N–H and O–H groups in total. The van der Waals surface area contributed by atoms with Gasteiger partial charge in [0.15, 0.2) is 0 Å². The highest BCUT2D eigenvalue weighted by atomic mass is 35.5. The molecule has 4 rings (SSSR count). The molecule has 0 saturated carbocycles. The van der Waals surface area contributed by atoms with E-state index in [1.807, 2.05) is 50.2 Å². The molecule has 10 heteroatoms. The van der Waals surface area contributed by atoms with E-state index in [2.05, 4.69) is 5.32 Å². The van der Waals surface area contributed by atoms with Crippen LogP contribution in [0.1, 0.15) is 22.3 Å². The van der Waals surface area contributed by atoms with E-state index < -0.39 is 28.5 Å². The molecular weight excluding hydrogens is 605 g/mol. The number of halogens is 2. The maximum absolute atomic E-state index is 14.4. The number of nitrogens with one attached hydrogen (secondary N) is 1. The minimum Gasteiger partial charge on any atom is -0.357 e. The maximum atomic E-state index is 14.4. The molecule has 224 valence electrons. The molecule has 43 heavy (non-hydrogen) atoms. The molecule has 0 bridgehead atoms. The second-order valence-electron chi connectivity index (χ2n) is 10.3. The Bertz CT molecular complexity index is 1680. The van der Waals surface area contributed by atoms with E-state index in [-0.39, 0.29) is 23.8 Å². The highest BCUT2D eigenvalue weighted by molar-refractivity contribution is 7.92. The minimum absolute atomic E-state index is 0.00723. The third kappa shape index (κ3) is 7.96. The van der Waals surface area contributed by atoms with Gasteiger partial charge in [0.05, 0.1) is 20.6 Å². The van der Waals surface area contributed by atoms with Crippen molar-refractivity contribution >= 4 is 50.7 Å². The number of nitrogens with zero attached hydrogens (tertiary/aromatic N) is 2. The second kappa shape index (κ2) is 14.1. The lowest BCUT2D eigenvalue weighted by atomic mass is 10.0. The Kier molecular flexibility index (Phi) is 10.5. The predicted octanol–water partition coefficient (Wildman–Crippen LogP) is 6.19. The normalized spacial score (nSPS) is 11.9. The zero-order valence-corrected chi connectivity index (χ0v) is 26.5. The molecule has 7 nitrogen and oxygen atoms in total. The van der Waals surface area contributed by atoms with Crippen LogP contribution in [0.25, 0.3) is 0 Å². The van der Waals surface area contributed by atoms with E-state index in [4.69, 9.17) is 23.2 Å². The van der Waals surface area contributed by atoms with E-state index in [0.29, 0.717) is 21.3 Å². The quantitative estimate of drug-likeness (QED) is 0.212. The first-order valence-corrected chi connectivity index (χ1v) is 15.8. The van der Waals surface area contributed by atoms with Gasteiger partial charge in [-0.25, -0.2) is 8.42 Å². The van der Waals surface area contributed by atoms with Crippen molar-refractivity contribution in [3.05, 3.63) is 129 Å². The van der Waals surface area contributed by atoms with Crippen LogP contribution in [0.3, 0.4) is 0 Å². The molecule has 0 radical (unpaired) electrons. The number of sulfonamides is 1. The summed E-state index contributed by atoms with van der Waals surface area (Å²) in [5, 5.41) is 3.32. The summed E-state index contributed by atoms with van der Waals surface area (Å²) in [6.45, 7) is 3.18. The zero-order chi connectivity index (χ0) is 31.1. The van der Waals surface area contributed by atoms with Gasteiger partial charge in [-0.05, 0) is 72.5 Å². The number of benzene rings is 4. The lowest BCUT2D eigenvalue weighted by Crippen LogP contribution is -2.53. The molecule has 0 spiro atoms. The molecular formula is C33H33Cl2N3O4S. The summed E-state index contributed by atoms with van der Waals surface area (Å²) < 4.78 is 29.2. The lowest BCUT2D eigenvalue weighted by molar-refractivity contribution is -0.139. The van der Waals surface area contributed by atoms with Gasteiger partial charge < -0.3 is 10.2 Å². The molecule has 0 aliphatic heterocycles. The molecule has 0 heterocycles. The predicted molar refractivity (Wildman–Crippen MR) is 172 cm³/mol. The molecule has 4 aromatic carbocycles. The second-order valence-corrected chi connectivity index (χ2v) is 12.9. The van der Waals surface area contributed by atoms with Gasteiger partial charge >= 0.3 is 0 Å². The average Bonchev–Trinajstić information content (AvgIpc) is 2.99. The first-order chi connectivity index (χ1) is 20.5. The monoisotopic (exact) mass is 637 g/mol. The Balaban J connectivity index is 1.81. The Morgan fingerprint density at radius 2 is 1.40 bits per heavy atom. The number of hydrogen-bond acceptors (Lipinski definition) is 4. The zero-order valence-electron chi connectivity index (χ0n) is 24.1. The average molecular weight is 639 g/mol. The SMILES string of the molecule is CNC(=O)[C@H](Cc1ccccc1)N(Cc1ccc(Cl)c(Cl)c1)C(=O)CN(c1cc(C)cc(C)c1)S(=O)(=O)c1ccccc1. The molecule has 2 amide bonds. The number of anilines is 1. The number of carbonyl (C=O) groups excluding carboxylic acids is 2. The topological polar surface area (TPSA) is 86.8 Å². The molecule has 0 saturated heterocycles. The molecule has 0 fully saturated rings. The van der Waals surface area contributed by atoms with Crippen molar-refractivity contribution in [2.75, 3.05) is 17.9 Å². The first-order valence-electron chi connectivity index (χ1n) is 13.6. The Morgan fingerprint density at radius 3 is 1.98 bits per heavy atom. The fourth-order valence-corrected chi connectivity index (χ4v) is 6.64. The van der Waals surface area contributed by atoms with Gasteiger partial charge in [-0.15, -0.1) is 0 Å². The van der Waals surface area contributed by atoms with Crippen molar-refractivity contribution in [3.8, 4) is 0 Å². The number of carbonyl (C=O) groups is 2. The van der Waals surface area contributed by atoms with E-state index in [1.165, 1.54) is 24.1 Å². The minimum atomic E-state index is -4.17. The van der Waals surface area contributed by atoms with Crippen LogP contribution in [0.2, 0.25) is 10.0 Å². The summed E-state index contributed by atoms with van der Waals surface area (Å²) in [4.78, 5) is 29.2. The number of aryl methyl sites for hydroxylation is 2. The Hall–Kier alpha value is -3.85. The van der Waals surface area contributed by atoms with Gasteiger partial charge in [-0.1, -0.05) is 83.9 Å². The fourth-order valence-electron chi connectivity index (χ4n) is 4.90. The van der Waals surface area contributed by atoms with Crippen LogP contribution >= 0.6 is 23.2 Å². The Labute approximate surface area is 263 Å². The summed E-state index contributed by atoms with van der Waals surface area (Å²) in [6.07, 6.45) is 0.211. The summed E-state index contributed by atoms with van der Waals surface area (Å²) in [7, 11) is -2.66.